The number of aldehydes is 1. The minimum Gasteiger partial charge on any atom is -0.483 e. The van der Waals surface area contributed by atoms with Crippen LogP contribution in [-0.4, -0.2) is 17.9 Å². The summed E-state index contributed by atoms with van der Waals surface area (Å²) in [6, 6.07) is 8.91. The van der Waals surface area contributed by atoms with Crippen molar-refractivity contribution in [1.82, 2.24) is 0 Å². The summed E-state index contributed by atoms with van der Waals surface area (Å²) >= 11 is 3.49. The molecule has 1 aliphatic rings. The number of halogens is 2. The fourth-order valence-electron chi connectivity index (χ4n) is 2.82. The highest BCUT2D eigenvalue weighted by Gasteiger charge is 2.43. The molecule has 3 rings (SSSR count). The third kappa shape index (κ3) is 2.67. The Hall–Kier alpha value is -2.08. The van der Waals surface area contributed by atoms with Crippen LogP contribution in [0.1, 0.15) is 13.8 Å². The first-order chi connectivity index (χ1) is 10.8. The second kappa shape index (κ2) is 5.53. The highest BCUT2D eigenvalue weighted by molar-refractivity contribution is 9.10. The fourth-order valence-corrected chi connectivity index (χ4v) is 3.47. The molecule has 120 valence electrons. The smallest absolute Gasteiger partial charge is 0.147 e. The third-order valence-corrected chi connectivity index (χ3v) is 4.49. The third-order valence-electron chi connectivity index (χ3n) is 3.89. The number of ether oxygens (including phenoxy) is 1. The van der Waals surface area contributed by atoms with Crippen molar-refractivity contribution < 1.29 is 13.9 Å². The number of carbonyl (C=O) groups excluding carboxylic acids is 1. The molecule has 0 aromatic heterocycles. The molecule has 0 amide bonds. The van der Waals surface area contributed by atoms with Gasteiger partial charge >= 0.3 is 0 Å². The molecule has 0 fully saturated rings. The number of nitrogen functional groups attached to an aromatic ring is 1. The van der Waals surface area contributed by atoms with Gasteiger partial charge in [-0.3, -0.25) is 0 Å². The quantitative estimate of drug-likeness (QED) is 0.632. The van der Waals surface area contributed by atoms with E-state index in [1.54, 1.807) is 24.3 Å². The Kier molecular flexibility index (Phi) is 3.80. The minimum absolute atomic E-state index is 0.333. The molecule has 0 radical (unpaired) electrons. The van der Waals surface area contributed by atoms with E-state index in [0.717, 1.165) is 6.29 Å². The topological polar surface area (TPSA) is 55.6 Å². The van der Waals surface area contributed by atoms with Crippen molar-refractivity contribution in [2.45, 2.75) is 25.5 Å². The summed E-state index contributed by atoms with van der Waals surface area (Å²) in [4.78, 5) is 13.6. The summed E-state index contributed by atoms with van der Waals surface area (Å²) < 4.78 is 20.0. The summed E-state index contributed by atoms with van der Waals surface area (Å²) in [6.07, 6.45) is 0.842. The second-order valence-corrected chi connectivity index (χ2v) is 6.84. The van der Waals surface area contributed by atoms with Gasteiger partial charge in [-0.1, -0.05) is 0 Å². The molecular weight excluding hydrogens is 363 g/mol. The van der Waals surface area contributed by atoms with E-state index in [-0.39, 0.29) is 5.82 Å². The maximum Gasteiger partial charge on any atom is 0.147 e. The molecule has 0 bridgehead atoms. The number of fused-ring (bicyclic) bond motifs is 1. The van der Waals surface area contributed by atoms with Gasteiger partial charge in [-0.25, -0.2) is 4.39 Å². The number of hydrogen-bond donors (Lipinski definition) is 1. The molecule has 0 saturated carbocycles. The lowest BCUT2D eigenvalue weighted by Gasteiger charge is -2.46. The van der Waals surface area contributed by atoms with Crippen LogP contribution in [0.2, 0.25) is 0 Å². The first-order valence-electron chi connectivity index (χ1n) is 7.11. The molecule has 0 spiro atoms. The lowest BCUT2D eigenvalue weighted by molar-refractivity contribution is -0.112. The second-order valence-electron chi connectivity index (χ2n) is 5.98. The molecule has 1 atom stereocenters. The Morgan fingerprint density at radius 1 is 1.30 bits per heavy atom. The SMILES string of the molecule is CC1(C)Oc2cc(N)cc(Br)c2N(c2ccc(F)cc2)C1C=O. The number of nitrogens with two attached hydrogens (primary N) is 1. The maximum atomic E-state index is 13.3. The molecule has 0 saturated heterocycles. The van der Waals surface area contributed by atoms with E-state index in [9.17, 15) is 9.18 Å². The number of hydrogen-bond acceptors (Lipinski definition) is 4. The summed E-state index contributed by atoms with van der Waals surface area (Å²) in [7, 11) is 0. The molecular formula is C17H16BrFN2O2. The van der Waals surface area contributed by atoms with Crippen LogP contribution < -0.4 is 15.4 Å². The molecule has 1 aliphatic heterocycles. The standard InChI is InChI=1S/C17H16BrFN2O2/c1-17(2)15(9-22)21(12-5-3-10(19)4-6-12)16-13(18)7-11(20)8-14(16)23-17/h3-9,15H,20H2,1-2H3. The molecule has 23 heavy (non-hydrogen) atoms. The van der Waals surface area contributed by atoms with Gasteiger partial charge < -0.3 is 20.2 Å². The Morgan fingerprint density at radius 2 is 1.96 bits per heavy atom. The Balaban J connectivity index is 2.26. The highest BCUT2D eigenvalue weighted by Crippen LogP contribution is 2.48. The van der Waals surface area contributed by atoms with Crippen LogP contribution in [0, 0.1) is 5.82 Å². The fraction of sp³-hybridized carbons (Fsp3) is 0.235. The lowest BCUT2D eigenvalue weighted by atomic mass is 9.94. The zero-order valence-corrected chi connectivity index (χ0v) is 14.3. The van der Waals surface area contributed by atoms with E-state index in [4.69, 9.17) is 10.5 Å². The van der Waals surface area contributed by atoms with Crippen molar-refractivity contribution in [3.8, 4) is 5.75 Å². The van der Waals surface area contributed by atoms with E-state index in [1.165, 1.54) is 12.1 Å². The van der Waals surface area contributed by atoms with Crippen molar-refractivity contribution in [3.63, 3.8) is 0 Å². The van der Waals surface area contributed by atoms with Gasteiger partial charge in [-0.05, 0) is 60.1 Å². The summed E-state index contributed by atoms with van der Waals surface area (Å²) in [5.74, 6) is 0.241. The van der Waals surface area contributed by atoms with E-state index >= 15 is 0 Å². The van der Waals surface area contributed by atoms with E-state index < -0.39 is 11.6 Å². The number of anilines is 3. The number of carbonyl (C=O) groups is 1. The van der Waals surface area contributed by atoms with Crippen LogP contribution in [0.15, 0.2) is 40.9 Å². The van der Waals surface area contributed by atoms with Gasteiger partial charge in [-0.15, -0.1) is 0 Å². The van der Waals surface area contributed by atoms with Crippen LogP contribution in [0.3, 0.4) is 0 Å². The molecule has 2 aromatic carbocycles. The van der Waals surface area contributed by atoms with Crippen molar-refractivity contribution >= 4 is 39.3 Å². The zero-order valence-electron chi connectivity index (χ0n) is 12.7. The van der Waals surface area contributed by atoms with Crippen LogP contribution in [0.25, 0.3) is 0 Å². The summed E-state index contributed by atoms with van der Waals surface area (Å²) in [5, 5.41) is 0. The average molecular weight is 379 g/mol. The predicted octanol–water partition coefficient (Wildman–Crippen LogP) is 4.05. The molecule has 1 heterocycles. The van der Waals surface area contributed by atoms with E-state index in [1.807, 2.05) is 18.7 Å². The van der Waals surface area contributed by atoms with E-state index in [0.29, 0.717) is 27.3 Å². The predicted molar refractivity (Wildman–Crippen MR) is 91.7 cm³/mol. The number of benzene rings is 2. The molecule has 2 N–H and O–H groups in total. The van der Waals surface area contributed by atoms with Gasteiger partial charge in [0.25, 0.3) is 0 Å². The van der Waals surface area contributed by atoms with Crippen molar-refractivity contribution in [3.05, 3.63) is 46.7 Å². The molecule has 6 heteroatoms. The monoisotopic (exact) mass is 378 g/mol. The normalized spacial score (nSPS) is 19.0. The van der Waals surface area contributed by atoms with Gasteiger partial charge in [0.1, 0.15) is 29.5 Å². The van der Waals surface area contributed by atoms with Crippen molar-refractivity contribution in [2.75, 3.05) is 10.6 Å². The zero-order chi connectivity index (χ0) is 16.8. The summed E-state index contributed by atoms with van der Waals surface area (Å²) in [6.45, 7) is 3.67. The molecule has 1 unspecified atom stereocenters. The number of nitrogens with zero attached hydrogens (tertiary/aromatic N) is 1. The molecule has 4 nitrogen and oxygen atoms in total. The Labute approximate surface area is 142 Å². The van der Waals surface area contributed by atoms with Gasteiger partial charge in [0, 0.05) is 21.9 Å². The van der Waals surface area contributed by atoms with Crippen LogP contribution in [0.4, 0.5) is 21.5 Å². The largest absolute Gasteiger partial charge is 0.483 e. The van der Waals surface area contributed by atoms with Crippen LogP contribution >= 0.6 is 15.9 Å². The van der Waals surface area contributed by atoms with Crippen LogP contribution in [-0.2, 0) is 4.79 Å². The first kappa shape index (κ1) is 15.8. The Bertz CT molecular complexity index is 762. The van der Waals surface area contributed by atoms with Gasteiger partial charge in [0.2, 0.25) is 0 Å². The number of rotatable bonds is 2. The van der Waals surface area contributed by atoms with Crippen molar-refractivity contribution in [1.29, 1.82) is 0 Å². The van der Waals surface area contributed by atoms with E-state index in [2.05, 4.69) is 15.9 Å². The molecule has 0 aliphatic carbocycles. The lowest BCUT2D eigenvalue weighted by Crippen LogP contribution is -2.55. The maximum absolute atomic E-state index is 13.3. The average Bonchev–Trinajstić information content (AvgIpc) is 2.45. The molecule has 2 aromatic rings. The minimum atomic E-state index is -0.767. The van der Waals surface area contributed by atoms with Gasteiger partial charge in [-0.2, -0.15) is 0 Å². The van der Waals surface area contributed by atoms with Crippen molar-refractivity contribution in [2.24, 2.45) is 0 Å². The Morgan fingerprint density at radius 3 is 2.57 bits per heavy atom. The van der Waals surface area contributed by atoms with Gasteiger partial charge in [0.05, 0.1) is 5.69 Å². The van der Waals surface area contributed by atoms with Crippen LogP contribution in [0.5, 0.6) is 5.75 Å². The summed E-state index contributed by atoms with van der Waals surface area (Å²) in [5.41, 5.74) is 7.08. The van der Waals surface area contributed by atoms with Gasteiger partial charge in [0.15, 0.2) is 0 Å². The first-order valence-corrected chi connectivity index (χ1v) is 7.91. The highest BCUT2D eigenvalue weighted by atomic mass is 79.9.